The summed E-state index contributed by atoms with van der Waals surface area (Å²) in [5, 5.41) is 5.14. The van der Waals surface area contributed by atoms with Gasteiger partial charge in [0, 0.05) is 31.2 Å². The highest BCUT2D eigenvalue weighted by Gasteiger charge is 2.20. The predicted octanol–water partition coefficient (Wildman–Crippen LogP) is 4.80. The second-order valence-electron chi connectivity index (χ2n) is 6.16. The topological polar surface area (TPSA) is 46.3 Å². The number of nitrogens with zero attached hydrogens (tertiary/aromatic N) is 5. The van der Waals surface area contributed by atoms with Crippen LogP contribution in [0.15, 0.2) is 53.4 Å². The third-order valence-electron chi connectivity index (χ3n) is 4.23. The van der Waals surface area contributed by atoms with Gasteiger partial charge in [-0.25, -0.2) is 9.97 Å². The zero-order valence-corrected chi connectivity index (χ0v) is 15.9. The Morgan fingerprint density at radius 2 is 1.88 bits per heavy atom. The van der Waals surface area contributed by atoms with Crippen molar-refractivity contribution in [1.82, 2.24) is 19.4 Å². The highest BCUT2D eigenvalue weighted by atomic mass is 32.1. The van der Waals surface area contributed by atoms with Gasteiger partial charge in [-0.2, -0.15) is 16.3 Å². The number of anilines is 1. The number of hydrogen-bond acceptors (Lipinski definition) is 6. The molecule has 0 saturated heterocycles. The van der Waals surface area contributed by atoms with Crippen molar-refractivity contribution < 1.29 is 0 Å². The fourth-order valence-corrected chi connectivity index (χ4v) is 4.60. The predicted molar refractivity (Wildman–Crippen MR) is 109 cm³/mol. The average molecular weight is 377 g/mol. The maximum absolute atomic E-state index is 4.86. The minimum absolute atomic E-state index is 0.687. The van der Waals surface area contributed by atoms with Gasteiger partial charge >= 0.3 is 0 Å². The van der Waals surface area contributed by atoms with Crippen molar-refractivity contribution in [1.29, 1.82) is 0 Å². The maximum Gasteiger partial charge on any atom is 0.236 e. The van der Waals surface area contributed by atoms with Crippen LogP contribution >= 0.6 is 22.7 Å². The monoisotopic (exact) mass is 377 g/mol. The molecule has 5 nitrogen and oxygen atoms in total. The van der Waals surface area contributed by atoms with Crippen LogP contribution < -0.4 is 4.90 Å². The van der Waals surface area contributed by atoms with Crippen LogP contribution in [0.2, 0.25) is 0 Å². The van der Waals surface area contributed by atoms with E-state index in [-0.39, 0.29) is 0 Å². The number of fused-ring (bicyclic) bond motifs is 2. The molecule has 128 valence electrons. The van der Waals surface area contributed by atoms with Crippen LogP contribution in [0, 0.1) is 0 Å². The van der Waals surface area contributed by atoms with Gasteiger partial charge in [0.1, 0.15) is 22.2 Å². The molecule has 0 saturated carbocycles. The van der Waals surface area contributed by atoms with Gasteiger partial charge in [0.2, 0.25) is 5.78 Å². The smallest absolute Gasteiger partial charge is 0.236 e. The fourth-order valence-electron chi connectivity index (χ4n) is 2.95. The van der Waals surface area contributed by atoms with Crippen LogP contribution in [-0.4, -0.2) is 33.4 Å². The summed E-state index contributed by atoms with van der Waals surface area (Å²) < 4.78 is 3.21. The lowest BCUT2D eigenvalue weighted by atomic mass is 10.2. The highest BCUT2D eigenvalue weighted by molar-refractivity contribution is 7.21. The molecular formula is C19H15N5S2. The Balaban J connectivity index is 1.82. The SMILES string of the molecule is CN(C)c1ccn2c(-c3nc4ccccc4s3)c(-c3ccsc3)nc2n1. The summed E-state index contributed by atoms with van der Waals surface area (Å²) in [6.45, 7) is 0. The molecule has 0 spiro atoms. The second kappa shape index (κ2) is 5.89. The lowest BCUT2D eigenvalue weighted by Gasteiger charge is -2.10. The van der Waals surface area contributed by atoms with Crippen molar-refractivity contribution in [3.8, 4) is 22.0 Å². The molecule has 0 atom stereocenters. The molecule has 0 radical (unpaired) electrons. The minimum Gasteiger partial charge on any atom is -0.363 e. The van der Waals surface area contributed by atoms with Crippen molar-refractivity contribution in [2.45, 2.75) is 0 Å². The Hall–Kier alpha value is -2.77. The number of para-hydroxylation sites is 1. The number of thiophene rings is 1. The molecule has 0 aliphatic rings. The Morgan fingerprint density at radius 3 is 2.65 bits per heavy atom. The van der Waals surface area contributed by atoms with Crippen LogP contribution in [0.4, 0.5) is 5.82 Å². The molecule has 4 aromatic heterocycles. The van der Waals surface area contributed by atoms with Gasteiger partial charge < -0.3 is 4.90 Å². The van der Waals surface area contributed by atoms with E-state index in [1.807, 2.05) is 53.9 Å². The van der Waals surface area contributed by atoms with Gasteiger partial charge in [-0.3, -0.25) is 4.40 Å². The molecule has 7 heteroatoms. The fraction of sp³-hybridized carbons (Fsp3) is 0.105. The first-order chi connectivity index (χ1) is 12.7. The third kappa shape index (κ3) is 2.40. The Bertz CT molecular complexity index is 1180. The maximum atomic E-state index is 4.86. The number of benzene rings is 1. The van der Waals surface area contributed by atoms with E-state index in [0.29, 0.717) is 5.78 Å². The molecule has 0 amide bonds. The lowest BCUT2D eigenvalue weighted by Crippen LogP contribution is -2.11. The van der Waals surface area contributed by atoms with Crippen molar-refractivity contribution in [3.63, 3.8) is 0 Å². The van der Waals surface area contributed by atoms with E-state index in [1.54, 1.807) is 22.7 Å². The van der Waals surface area contributed by atoms with Crippen molar-refractivity contribution >= 4 is 44.5 Å². The van der Waals surface area contributed by atoms with Crippen LogP contribution in [0.5, 0.6) is 0 Å². The summed E-state index contributed by atoms with van der Waals surface area (Å²) in [5.74, 6) is 1.57. The summed E-state index contributed by atoms with van der Waals surface area (Å²) in [5.41, 5.74) is 4.03. The first-order valence-corrected chi connectivity index (χ1v) is 9.91. The van der Waals surface area contributed by atoms with Crippen molar-refractivity contribution in [3.05, 3.63) is 53.4 Å². The summed E-state index contributed by atoms with van der Waals surface area (Å²) in [4.78, 5) is 16.4. The van der Waals surface area contributed by atoms with Crippen LogP contribution in [0.3, 0.4) is 0 Å². The number of rotatable bonds is 3. The quantitative estimate of drug-likeness (QED) is 0.453. The first kappa shape index (κ1) is 15.5. The molecule has 0 N–H and O–H groups in total. The van der Waals surface area contributed by atoms with Gasteiger partial charge in [0.25, 0.3) is 0 Å². The zero-order valence-electron chi connectivity index (χ0n) is 14.2. The summed E-state index contributed by atoms with van der Waals surface area (Å²) in [6, 6.07) is 12.3. The lowest BCUT2D eigenvalue weighted by molar-refractivity contribution is 1.03. The normalized spacial score (nSPS) is 11.5. The van der Waals surface area contributed by atoms with E-state index < -0.39 is 0 Å². The Kier molecular flexibility index (Phi) is 3.51. The standard InChI is InChI=1S/C19H15N5S2/c1-23(2)15-7-9-24-17(18-20-13-5-3-4-6-14(13)26-18)16(22-19(24)21-15)12-8-10-25-11-12/h3-11H,1-2H3. The molecule has 5 aromatic rings. The summed E-state index contributed by atoms with van der Waals surface area (Å²) in [6.07, 6.45) is 2.03. The molecule has 0 aliphatic heterocycles. The van der Waals surface area contributed by atoms with E-state index in [0.717, 1.165) is 33.3 Å². The Labute approximate surface area is 158 Å². The van der Waals surface area contributed by atoms with E-state index in [2.05, 4.69) is 22.9 Å². The summed E-state index contributed by atoms with van der Waals surface area (Å²) in [7, 11) is 3.96. The first-order valence-electron chi connectivity index (χ1n) is 8.15. The van der Waals surface area contributed by atoms with Gasteiger partial charge in [0.15, 0.2) is 0 Å². The van der Waals surface area contributed by atoms with Gasteiger partial charge in [-0.15, -0.1) is 11.3 Å². The van der Waals surface area contributed by atoms with Crippen LogP contribution in [-0.2, 0) is 0 Å². The molecule has 1 aromatic carbocycles. The van der Waals surface area contributed by atoms with Crippen LogP contribution in [0.1, 0.15) is 0 Å². The number of thiazole rings is 1. The molecule has 0 fully saturated rings. The molecule has 0 unspecified atom stereocenters. The van der Waals surface area contributed by atoms with Gasteiger partial charge in [-0.05, 0) is 29.6 Å². The number of aromatic nitrogens is 4. The molecule has 5 rings (SSSR count). The average Bonchev–Trinajstić information content (AvgIpc) is 3.37. The van der Waals surface area contributed by atoms with Crippen LogP contribution in [0.25, 0.3) is 38.0 Å². The number of hydrogen-bond donors (Lipinski definition) is 0. The third-order valence-corrected chi connectivity index (χ3v) is 5.96. The zero-order chi connectivity index (χ0) is 17.7. The number of imidazole rings is 1. The Morgan fingerprint density at radius 1 is 1.00 bits per heavy atom. The molecule has 26 heavy (non-hydrogen) atoms. The summed E-state index contributed by atoms with van der Waals surface area (Å²) >= 11 is 3.35. The largest absolute Gasteiger partial charge is 0.363 e. The molecular weight excluding hydrogens is 362 g/mol. The molecule has 0 bridgehead atoms. The van der Waals surface area contributed by atoms with Crippen molar-refractivity contribution in [2.24, 2.45) is 0 Å². The van der Waals surface area contributed by atoms with Gasteiger partial charge in [-0.1, -0.05) is 12.1 Å². The highest BCUT2D eigenvalue weighted by Crippen LogP contribution is 2.37. The van der Waals surface area contributed by atoms with E-state index >= 15 is 0 Å². The van der Waals surface area contributed by atoms with Gasteiger partial charge in [0.05, 0.1) is 10.2 Å². The van der Waals surface area contributed by atoms with Crippen molar-refractivity contribution in [2.75, 3.05) is 19.0 Å². The minimum atomic E-state index is 0.687. The molecule has 0 aliphatic carbocycles. The second-order valence-corrected chi connectivity index (χ2v) is 7.97. The van der Waals surface area contributed by atoms with E-state index in [4.69, 9.17) is 15.0 Å². The van der Waals surface area contributed by atoms with E-state index in [9.17, 15) is 0 Å². The molecule has 4 heterocycles. The van der Waals surface area contributed by atoms with E-state index in [1.165, 1.54) is 4.70 Å².